The summed E-state index contributed by atoms with van der Waals surface area (Å²) in [5.41, 5.74) is 0.577. The fourth-order valence-electron chi connectivity index (χ4n) is 2.20. The molecule has 0 fully saturated rings. The van der Waals surface area contributed by atoms with E-state index in [1.165, 1.54) is 21.3 Å². The van der Waals surface area contributed by atoms with E-state index in [1.54, 1.807) is 12.1 Å². The highest BCUT2D eigenvalue weighted by Crippen LogP contribution is 2.39. The number of anilines is 1. The Morgan fingerprint density at radius 3 is 2.00 bits per heavy atom. The van der Waals surface area contributed by atoms with Gasteiger partial charge in [0.05, 0.1) is 27.0 Å². The molecule has 0 aliphatic rings. The number of ether oxygens (including phenoxy) is 3. The van der Waals surface area contributed by atoms with Gasteiger partial charge in [0.15, 0.2) is 11.5 Å². The van der Waals surface area contributed by atoms with Gasteiger partial charge >= 0.3 is 6.03 Å². The van der Waals surface area contributed by atoms with E-state index in [0.29, 0.717) is 28.9 Å². The van der Waals surface area contributed by atoms with Crippen molar-refractivity contribution >= 4 is 11.7 Å². The van der Waals surface area contributed by atoms with Gasteiger partial charge in [0.2, 0.25) is 5.75 Å². The van der Waals surface area contributed by atoms with E-state index in [0.717, 1.165) is 12.8 Å². The summed E-state index contributed by atoms with van der Waals surface area (Å²) < 4.78 is 15.8. The lowest BCUT2D eigenvalue weighted by molar-refractivity contribution is 0.248. The lowest BCUT2D eigenvalue weighted by atomic mass is 10.0. The Labute approximate surface area is 138 Å². The molecule has 0 spiro atoms. The fourth-order valence-corrected chi connectivity index (χ4v) is 2.20. The number of hydrogen-bond donors (Lipinski definition) is 2. The molecule has 1 aromatic rings. The van der Waals surface area contributed by atoms with E-state index < -0.39 is 0 Å². The molecule has 23 heavy (non-hydrogen) atoms. The summed E-state index contributed by atoms with van der Waals surface area (Å²) in [6, 6.07) is 3.24. The third-order valence-electron chi connectivity index (χ3n) is 3.48. The van der Waals surface area contributed by atoms with E-state index in [1.807, 2.05) is 6.92 Å². The Bertz CT molecular complexity index is 492. The second-order valence-electron chi connectivity index (χ2n) is 5.88. The molecular weight excluding hydrogens is 296 g/mol. The molecule has 0 bridgehead atoms. The average molecular weight is 324 g/mol. The van der Waals surface area contributed by atoms with Gasteiger partial charge in [0, 0.05) is 18.2 Å². The van der Waals surface area contributed by atoms with Gasteiger partial charge in [-0.1, -0.05) is 13.8 Å². The summed E-state index contributed by atoms with van der Waals surface area (Å²) in [6.07, 6.45) is 2.02. The summed E-state index contributed by atoms with van der Waals surface area (Å²) >= 11 is 0. The molecule has 0 saturated carbocycles. The maximum absolute atomic E-state index is 12.1. The van der Waals surface area contributed by atoms with Gasteiger partial charge in [-0.2, -0.15) is 0 Å². The largest absolute Gasteiger partial charge is 0.493 e. The zero-order valence-corrected chi connectivity index (χ0v) is 14.9. The number of nitrogens with one attached hydrogen (secondary N) is 2. The quantitative estimate of drug-likeness (QED) is 0.766. The predicted molar refractivity (Wildman–Crippen MR) is 91.8 cm³/mol. The van der Waals surface area contributed by atoms with Crippen LogP contribution in [0.2, 0.25) is 0 Å². The zero-order chi connectivity index (χ0) is 17.4. The predicted octanol–water partition coefficient (Wildman–Crippen LogP) is 3.66. The van der Waals surface area contributed by atoms with Crippen molar-refractivity contribution in [2.75, 3.05) is 26.6 Å². The number of carbonyl (C=O) groups is 1. The van der Waals surface area contributed by atoms with Crippen molar-refractivity contribution in [3.8, 4) is 17.2 Å². The topological polar surface area (TPSA) is 68.8 Å². The first kappa shape index (κ1) is 18.9. The molecule has 2 amide bonds. The van der Waals surface area contributed by atoms with Crippen LogP contribution in [0.1, 0.15) is 33.6 Å². The SMILES string of the molecule is COc1cc(NC(=O)NC(C)CCC(C)C)cc(OC)c1OC. The van der Waals surface area contributed by atoms with Crippen LogP contribution in [0.4, 0.5) is 10.5 Å². The first-order valence-corrected chi connectivity index (χ1v) is 7.78. The van der Waals surface area contributed by atoms with Crippen molar-refractivity contribution in [2.24, 2.45) is 5.92 Å². The number of carbonyl (C=O) groups excluding carboxylic acids is 1. The van der Waals surface area contributed by atoms with Crippen LogP contribution in [0.5, 0.6) is 17.2 Å². The van der Waals surface area contributed by atoms with Gasteiger partial charge in [-0.25, -0.2) is 4.79 Å². The van der Waals surface area contributed by atoms with Crippen LogP contribution >= 0.6 is 0 Å². The molecule has 1 atom stereocenters. The molecule has 1 aromatic carbocycles. The average Bonchev–Trinajstić information content (AvgIpc) is 2.51. The summed E-state index contributed by atoms with van der Waals surface area (Å²) in [4.78, 5) is 12.1. The van der Waals surface area contributed by atoms with Crippen LogP contribution < -0.4 is 24.8 Å². The molecule has 130 valence electrons. The number of urea groups is 1. The Morgan fingerprint density at radius 1 is 1.00 bits per heavy atom. The van der Waals surface area contributed by atoms with Crippen molar-refractivity contribution in [2.45, 2.75) is 39.7 Å². The lowest BCUT2D eigenvalue weighted by Crippen LogP contribution is -2.36. The van der Waals surface area contributed by atoms with Crippen LogP contribution in [0, 0.1) is 5.92 Å². The van der Waals surface area contributed by atoms with Crippen LogP contribution in [0.25, 0.3) is 0 Å². The standard InChI is InChI=1S/C17H28N2O4/c1-11(2)7-8-12(3)18-17(20)19-13-9-14(21-4)16(23-6)15(10-13)22-5/h9-12H,7-8H2,1-6H3,(H2,18,19,20). The molecule has 2 N–H and O–H groups in total. The van der Waals surface area contributed by atoms with Crippen LogP contribution in [-0.2, 0) is 0 Å². The molecule has 0 saturated heterocycles. The smallest absolute Gasteiger partial charge is 0.319 e. The molecular formula is C17H28N2O4. The number of benzene rings is 1. The Kier molecular flexibility index (Phi) is 7.51. The highest BCUT2D eigenvalue weighted by molar-refractivity contribution is 5.90. The summed E-state index contributed by atoms with van der Waals surface area (Å²) in [5.74, 6) is 2.11. The van der Waals surface area contributed by atoms with Gasteiger partial charge in [-0.15, -0.1) is 0 Å². The normalized spacial score (nSPS) is 11.8. The van der Waals surface area contributed by atoms with Gasteiger partial charge < -0.3 is 24.8 Å². The van der Waals surface area contributed by atoms with Crippen LogP contribution in [0.3, 0.4) is 0 Å². The Balaban J connectivity index is 2.74. The minimum atomic E-state index is -0.254. The summed E-state index contributed by atoms with van der Waals surface area (Å²) in [6.45, 7) is 6.34. The molecule has 0 aliphatic carbocycles. The number of methoxy groups -OCH3 is 3. The third kappa shape index (κ3) is 5.88. The highest BCUT2D eigenvalue weighted by Gasteiger charge is 2.15. The zero-order valence-electron chi connectivity index (χ0n) is 14.9. The monoisotopic (exact) mass is 324 g/mol. The molecule has 0 aliphatic heterocycles. The number of hydrogen-bond acceptors (Lipinski definition) is 4. The first-order valence-electron chi connectivity index (χ1n) is 7.78. The Morgan fingerprint density at radius 2 is 1.57 bits per heavy atom. The molecule has 6 nitrogen and oxygen atoms in total. The van der Waals surface area contributed by atoms with E-state index in [-0.39, 0.29) is 12.1 Å². The van der Waals surface area contributed by atoms with Crippen LogP contribution in [-0.4, -0.2) is 33.4 Å². The fraction of sp³-hybridized carbons (Fsp3) is 0.588. The van der Waals surface area contributed by atoms with Gasteiger partial charge in [0.1, 0.15) is 0 Å². The second-order valence-corrected chi connectivity index (χ2v) is 5.88. The van der Waals surface area contributed by atoms with Gasteiger partial charge in [0.25, 0.3) is 0 Å². The van der Waals surface area contributed by atoms with Crippen molar-refractivity contribution in [3.05, 3.63) is 12.1 Å². The second kappa shape index (κ2) is 9.12. The van der Waals surface area contributed by atoms with Crippen molar-refractivity contribution in [3.63, 3.8) is 0 Å². The molecule has 0 heterocycles. The van der Waals surface area contributed by atoms with Crippen molar-refractivity contribution in [1.29, 1.82) is 0 Å². The summed E-state index contributed by atoms with van der Waals surface area (Å²) in [5, 5.41) is 5.72. The maximum Gasteiger partial charge on any atom is 0.319 e. The third-order valence-corrected chi connectivity index (χ3v) is 3.48. The molecule has 6 heteroatoms. The number of rotatable bonds is 8. The number of amides is 2. The van der Waals surface area contributed by atoms with Crippen LogP contribution in [0.15, 0.2) is 12.1 Å². The van der Waals surface area contributed by atoms with E-state index in [2.05, 4.69) is 24.5 Å². The lowest BCUT2D eigenvalue weighted by Gasteiger charge is -2.17. The van der Waals surface area contributed by atoms with Gasteiger partial charge in [-0.3, -0.25) is 0 Å². The summed E-state index contributed by atoms with van der Waals surface area (Å²) in [7, 11) is 4.61. The molecule has 0 aromatic heterocycles. The van der Waals surface area contributed by atoms with E-state index in [4.69, 9.17) is 14.2 Å². The molecule has 1 unspecified atom stereocenters. The maximum atomic E-state index is 12.1. The molecule has 1 rings (SSSR count). The Hall–Kier alpha value is -2.11. The van der Waals surface area contributed by atoms with Crippen molar-refractivity contribution < 1.29 is 19.0 Å². The van der Waals surface area contributed by atoms with E-state index >= 15 is 0 Å². The van der Waals surface area contributed by atoms with Gasteiger partial charge in [-0.05, 0) is 25.7 Å². The minimum Gasteiger partial charge on any atom is -0.493 e. The molecule has 0 radical (unpaired) electrons. The van der Waals surface area contributed by atoms with E-state index in [9.17, 15) is 4.79 Å². The highest BCUT2D eigenvalue weighted by atomic mass is 16.5. The first-order chi connectivity index (χ1) is 10.9. The van der Waals surface area contributed by atoms with Crippen molar-refractivity contribution in [1.82, 2.24) is 5.32 Å². The minimum absolute atomic E-state index is 0.111.